The van der Waals surface area contributed by atoms with E-state index in [-0.39, 0.29) is 0 Å². The zero-order valence-corrected chi connectivity index (χ0v) is 8.87. The van der Waals surface area contributed by atoms with Crippen molar-refractivity contribution in [3.8, 4) is 0 Å². The van der Waals surface area contributed by atoms with E-state index in [2.05, 4.69) is 21.2 Å². The molecule has 0 aromatic heterocycles. The van der Waals surface area contributed by atoms with Crippen molar-refractivity contribution in [3.05, 3.63) is 35.9 Å². The van der Waals surface area contributed by atoms with Gasteiger partial charge in [-0.05, 0) is 14.5 Å². The van der Waals surface area contributed by atoms with Crippen LogP contribution in [-0.4, -0.2) is 4.20 Å². The standard InChI is InChI=1S/C7H5IS2/c8-10-7(9)6-4-2-1-3-5-6/h1-5H. The molecule has 0 unspecified atom stereocenters. The molecule has 10 heavy (non-hydrogen) atoms. The van der Waals surface area contributed by atoms with Crippen LogP contribution in [-0.2, 0) is 0 Å². The Morgan fingerprint density at radius 3 is 2.40 bits per heavy atom. The van der Waals surface area contributed by atoms with E-state index >= 15 is 0 Å². The summed E-state index contributed by atoms with van der Waals surface area (Å²) in [5, 5.41) is 0. The molecule has 0 fully saturated rings. The van der Waals surface area contributed by atoms with E-state index in [1.165, 1.54) is 0 Å². The van der Waals surface area contributed by atoms with Crippen LogP contribution in [0.15, 0.2) is 30.3 Å². The van der Waals surface area contributed by atoms with Crippen LogP contribution < -0.4 is 0 Å². The zero-order chi connectivity index (χ0) is 7.40. The highest BCUT2D eigenvalue weighted by Gasteiger charge is 1.95. The van der Waals surface area contributed by atoms with Gasteiger partial charge in [-0.25, -0.2) is 0 Å². The van der Waals surface area contributed by atoms with E-state index in [4.69, 9.17) is 12.2 Å². The summed E-state index contributed by atoms with van der Waals surface area (Å²) in [7, 11) is 1.58. The van der Waals surface area contributed by atoms with Crippen molar-refractivity contribution in [1.29, 1.82) is 0 Å². The Kier molecular flexibility index (Phi) is 3.65. The molecule has 0 aliphatic carbocycles. The molecule has 0 aliphatic heterocycles. The molecule has 52 valence electrons. The maximum absolute atomic E-state index is 5.08. The van der Waals surface area contributed by atoms with Crippen LogP contribution in [0.3, 0.4) is 0 Å². The molecule has 0 nitrogen and oxygen atoms in total. The Bertz CT molecular complexity index is 220. The van der Waals surface area contributed by atoms with Gasteiger partial charge in [0.25, 0.3) is 0 Å². The van der Waals surface area contributed by atoms with Gasteiger partial charge in [-0.2, -0.15) is 0 Å². The number of benzene rings is 1. The molecule has 0 aliphatic rings. The van der Waals surface area contributed by atoms with Crippen LogP contribution in [0.25, 0.3) is 0 Å². The zero-order valence-electron chi connectivity index (χ0n) is 5.08. The van der Waals surface area contributed by atoms with Gasteiger partial charge in [0.2, 0.25) is 0 Å². The number of halogens is 1. The Labute approximate surface area is 82.0 Å². The topological polar surface area (TPSA) is 0 Å². The first-order valence-electron chi connectivity index (χ1n) is 2.72. The van der Waals surface area contributed by atoms with Gasteiger partial charge in [0.15, 0.2) is 0 Å². The highest BCUT2D eigenvalue weighted by molar-refractivity contribution is 14.2. The molecule has 0 saturated heterocycles. The van der Waals surface area contributed by atoms with Crippen molar-refractivity contribution in [2.45, 2.75) is 0 Å². The molecule has 0 saturated carbocycles. The lowest BCUT2D eigenvalue weighted by atomic mass is 10.2. The third-order valence-corrected chi connectivity index (χ3v) is 4.16. The Morgan fingerprint density at radius 2 is 1.90 bits per heavy atom. The van der Waals surface area contributed by atoms with Crippen molar-refractivity contribution < 1.29 is 0 Å². The van der Waals surface area contributed by atoms with Gasteiger partial charge < -0.3 is 0 Å². The molecule has 0 N–H and O–H groups in total. The predicted molar refractivity (Wildman–Crippen MR) is 59.8 cm³/mol. The van der Waals surface area contributed by atoms with Gasteiger partial charge >= 0.3 is 0 Å². The first kappa shape index (κ1) is 8.49. The lowest BCUT2D eigenvalue weighted by Gasteiger charge is -1.95. The van der Waals surface area contributed by atoms with Crippen LogP contribution in [0, 0.1) is 0 Å². The summed E-state index contributed by atoms with van der Waals surface area (Å²) >= 11 is 7.27. The second kappa shape index (κ2) is 4.31. The predicted octanol–water partition coefficient (Wildman–Crippen LogP) is 3.45. The third-order valence-electron chi connectivity index (χ3n) is 1.08. The SMILES string of the molecule is S=C(SI)c1ccccc1. The minimum absolute atomic E-state index is 0.946. The normalized spacial score (nSPS) is 9.30. The van der Waals surface area contributed by atoms with Crippen LogP contribution in [0.1, 0.15) is 5.56 Å². The maximum Gasteiger partial charge on any atom is 0.0881 e. The second-order valence-corrected chi connectivity index (χ2v) is 4.28. The number of hydrogen-bond acceptors (Lipinski definition) is 2. The van der Waals surface area contributed by atoms with E-state index in [9.17, 15) is 0 Å². The van der Waals surface area contributed by atoms with Gasteiger partial charge in [-0.1, -0.05) is 42.5 Å². The van der Waals surface area contributed by atoms with Crippen molar-refractivity contribution in [2.75, 3.05) is 0 Å². The van der Waals surface area contributed by atoms with Crippen LogP contribution in [0.5, 0.6) is 0 Å². The van der Waals surface area contributed by atoms with Crippen molar-refractivity contribution in [3.63, 3.8) is 0 Å². The summed E-state index contributed by atoms with van der Waals surface area (Å²) in [5.74, 6) is 0. The van der Waals surface area contributed by atoms with Crippen molar-refractivity contribution in [1.82, 2.24) is 0 Å². The minimum atomic E-state index is 0.946. The summed E-state index contributed by atoms with van der Waals surface area (Å²) in [6.45, 7) is 0. The molecule has 1 aromatic rings. The van der Waals surface area contributed by atoms with Crippen LogP contribution in [0.2, 0.25) is 0 Å². The fourth-order valence-corrected chi connectivity index (χ4v) is 1.74. The van der Waals surface area contributed by atoms with Gasteiger partial charge in [0, 0.05) is 21.2 Å². The molecule has 0 bridgehead atoms. The van der Waals surface area contributed by atoms with Crippen molar-refractivity contribution in [2.24, 2.45) is 0 Å². The lowest BCUT2D eigenvalue weighted by molar-refractivity contribution is 1.69. The number of hydrogen-bond donors (Lipinski definition) is 0. The third kappa shape index (κ3) is 2.21. The molecule has 0 radical (unpaired) electrons. The lowest BCUT2D eigenvalue weighted by Crippen LogP contribution is -1.85. The summed E-state index contributed by atoms with van der Waals surface area (Å²) in [4.78, 5) is 0. The molecule has 3 heteroatoms. The number of rotatable bonds is 1. The molecule has 1 aromatic carbocycles. The van der Waals surface area contributed by atoms with E-state index in [0.717, 1.165) is 9.76 Å². The van der Waals surface area contributed by atoms with E-state index < -0.39 is 0 Å². The fourth-order valence-electron chi connectivity index (χ4n) is 0.619. The molecular formula is C7H5IS2. The quantitative estimate of drug-likeness (QED) is 0.571. The molecule has 0 atom stereocenters. The Hall–Kier alpha value is 0.390. The molecule has 0 amide bonds. The monoisotopic (exact) mass is 280 g/mol. The van der Waals surface area contributed by atoms with Crippen LogP contribution >= 0.6 is 42.4 Å². The minimum Gasteiger partial charge on any atom is -0.0710 e. The van der Waals surface area contributed by atoms with E-state index in [1.54, 1.807) is 8.93 Å². The summed E-state index contributed by atoms with van der Waals surface area (Å²) in [6.07, 6.45) is 0. The highest BCUT2D eigenvalue weighted by Crippen LogP contribution is 2.19. The highest BCUT2D eigenvalue weighted by atomic mass is 127. The average Bonchev–Trinajstić information content (AvgIpc) is 2.05. The summed E-state index contributed by atoms with van der Waals surface area (Å²) in [6, 6.07) is 10.0. The molecule has 0 heterocycles. The van der Waals surface area contributed by atoms with Gasteiger partial charge in [0.05, 0.1) is 4.20 Å². The fraction of sp³-hybridized carbons (Fsp3) is 0. The summed E-state index contributed by atoms with van der Waals surface area (Å²) in [5.41, 5.74) is 1.14. The van der Waals surface area contributed by atoms with Gasteiger partial charge in [0.1, 0.15) is 0 Å². The largest absolute Gasteiger partial charge is 0.0881 e. The second-order valence-electron chi connectivity index (χ2n) is 1.73. The van der Waals surface area contributed by atoms with E-state index in [1.807, 2.05) is 30.3 Å². The Morgan fingerprint density at radius 1 is 1.30 bits per heavy atom. The van der Waals surface area contributed by atoms with E-state index in [0.29, 0.717) is 0 Å². The van der Waals surface area contributed by atoms with Crippen molar-refractivity contribution >= 4 is 46.6 Å². The first-order valence-corrected chi connectivity index (χ1v) is 6.49. The summed E-state index contributed by atoms with van der Waals surface area (Å²) < 4.78 is 0.946. The molecular weight excluding hydrogens is 275 g/mol. The van der Waals surface area contributed by atoms with Gasteiger partial charge in [-0.3, -0.25) is 0 Å². The smallest absolute Gasteiger partial charge is 0.0710 e. The first-order chi connectivity index (χ1) is 4.84. The molecule has 1 rings (SSSR count). The average molecular weight is 280 g/mol. The maximum atomic E-state index is 5.08. The molecule has 0 spiro atoms. The Balaban J connectivity index is 2.85. The number of thiocarbonyl (C=S) groups is 1. The van der Waals surface area contributed by atoms with Crippen LogP contribution in [0.4, 0.5) is 0 Å². The van der Waals surface area contributed by atoms with Gasteiger partial charge in [-0.15, -0.1) is 0 Å².